The monoisotopic (exact) mass is 369 g/mol. The summed E-state index contributed by atoms with van der Waals surface area (Å²) in [6, 6.07) is 12.1. The minimum Gasteiger partial charge on any atom is -0.497 e. The van der Waals surface area contributed by atoms with Gasteiger partial charge in [0.1, 0.15) is 11.5 Å². The largest absolute Gasteiger partial charge is 0.497 e. The van der Waals surface area contributed by atoms with E-state index < -0.39 is 18.0 Å². The first kappa shape index (κ1) is 18.2. The smallest absolute Gasteiger partial charge is 0.360 e. The number of hydrogen-bond acceptors (Lipinski definition) is 6. The third-order valence-corrected chi connectivity index (χ3v) is 3.94. The number of rotatable bonds is 6. The Morgan fingerprint density at radius 1 is 1.07 bits per heavy atom. The van der Waals surface area contributed by atoms with Gasteiger partial charge in [0.25, 0.3) is 5.91 Å². The number of benzene rings is 2. The molecule has 0 spiro atoms. The van der Waals surface area contributed by atoms with Gasteiger partial charge in [0, 0.05) is 29.3 Å². The molecule has 2 N–H and O–H groups in total. The van der Waals surface area contributed by atoms with Gasteiger partial charge in [0.15, 0.2) is 11.8 Å². The highest BCUT2D eigenvalue weighted by Crippen LogP contribution is 2.26. The van der Waals surface area contributed by atoms with Crippen molar-refractivity contribution in [3.63, 3.8) is 0 Å². The molecule has 0 fully saturated rings. The fraction of sp³-hybridized carbons (Fsp3) is 0.211. The molecule has 1 aromatic heterocycles. The van der Waals surface area contributed by atoms with Crippen molar-refractivity contribution in [2.24, 2.45) is 0 Å². The molecular weight excluding hydrogens is 350 g/mol. The highest BCUT2D eigenvalue weighted by Gasteiger charge is 2.22. The zero-order valence-electron chi connectivity index (χ0n) is 15.1. The number of H-pyrrole nitrogens is 1. The van der Waals surface area contributed by atoms with Gasteiger partial charge >= 0.3 is 5.97 Å². The number of carbonyl (C=O) groups is 2. The van der Waals surface area contributed by atoms with E-state index in [-0.39, 0.29) is 5.69 Å². The topological polar surface area (TPSA) is 103 Å². The number of nitrogens with one attached hydrogen (secondary N) is 2. The number of aromatic amines is 1. The Kier molecular flexibility index (Phi) is 5.25. The third-order valence-electron chi connectivity index (χ3n) is 3.94. The van der Waals surface area contributed by atoms with Gasteiger partial charge in [-0.2, -0.15) is 5.10 Å². The van der Waals surface area contributed by atoms with Crippen molar-refractivity contribution in [1.82, 2.24) is 10.2 Å². The Bertz CT molecular complexity index is 960. The Morgan fingerprint density at radius 2 is 1.74 bits per heavy atom. The Balaban J connectivity index is 1.70. The van der Waals surface area contributed by atoms with E-state index in [4.69, 9.17) is 14.2 Å². The van der Waals surface area contributed by atoms with Gasteiger partial charge < -0.3 is 19.5 Å². The molecule has 2 aromatic carbocycles. The molecule has 8 heteroatoms. The fourth-order valence-corrected chi connectivity index (χ4v) is 2.51. The second-order valence-corrected chi connectivity index (χ2v) is 5.76. The number of esters is 1. The van der Waals surface area contributed by atoms with Crippen LogP contribution in [-0.4, -0.2) is 42.4 Å². The van der Waals surface area contributed by atoms with Crippen LogP contribution < -0.4 is 14.8 Å². The molecule has 8 nitrogen and oxygen atoms in total. The molecule has 1 heterocycles. The molecule has 0 bridgehead atoms. The summed E-state index contributed by atoms with van der Waals surface area (Å²) in [5.41, 5.74) is 1.31. The molecule has 3 rings (SSSR count). The number of anilines is 1. The highest BCUT2D eigenvalue weighted by molar-refractivity contribution is 6.03. The number of ether oxygens (including phenoxy) is 3. The summed E-state index contributed by atoms with van der Waals surface area (Å²) in [5.74, 6) is -0.119. The minimum absolute atomic E-state index is 0.133. The average Bonchev–Trinajstić information content (AvgIpc) is 3.11. The normalized spacial score (nSPS) is 11.7. The first-order valence-electron chi connectivity index (χ1n) is 8.20. The van der Waals surface area contributed by atoms with Gasteiger partial charge in [0.05, 0.1) is 19.7 Å². The van der Waals surface area contributed by atoms with E-state index in [0.717, 1.165) is 0 Å². The standard InChI is InChI=1S/C19H19N3O5/c1-11(18(23)20-12-8-13(25-2)10-14(9-12)26-3)27-19(24)17-15-6-4-5-7-16(15)21-22-17/h4-11H,1-3H3,(H,20,23)(H,21,22). The van der Waals surface area contributed by atoms with Crippen LogP contribution in [0.2, 0.25) is 0 Å². The van der Waals surface area contributed by atoms with Gasteiger partial charge in [-0.1, -0.05) is 18.2 Å². The Labute approximate surface area is 155 Å². The van der Waals surface area contributed by atoms with Crippen molar-refractivity contribution in [3.05, 3.63) is 48.2 Å². The van der Waals surface area contributed by atoms with Crippen LogP contribution in [0.5, 0.6) is 11.5 Å². The molecule has 0 radical (unpaired) electrons. The second kappa shape index (κ2) is 7.77. The Morgan fingerprint density at radius 3 is 2.41 bits per heavy atom. The molecule has 1 amide bonds. The number of carbonyl (C=O) groups excluding carboxylic acids is 2. The SMILES string of the molecule is COc1cc(NC(=O)C(C)OC(=O)c2n[nH]c3ccccc23)cc(OC)c1. The number of nitrogens with zero attached hydrogens (tertiary/aromatic N) is 1. The van der Waals surface area contributed by atoms with Crippen molar-refractivity contribution in [2.75, 3.05) is 19.5 Å². The maximum Gasteiger partial charge on any atom is 0.360 e. The molecule has 0 aliphatic heterocycles. The van der Waals surface area contributed by atoms with Gasteiger partial charge in [-0.25, -0.2) is 4.79 Å². The minimum atomic E-state index is -1.02. The predicted octanol–water partition coefficient (Wildman–Crippen LogP) is 2.76. The maximum atomic E-state index is 12.4. The van der Waals surface area contributed by atoms with E-state index in [2.05, 4.69) is 15.5 Å². The summed E-state index contributed by atoms with van der Waals surface area (Å²) in [7, 11) is 3.03. The van der Waals surface area contributed by atoms with Gasteiger partial charge in [0.2, 0.25) is 0 Å². The number of methoxy groups -OCH3 is 2. The summed E-state index contributed by atoms with van der Waals surface area (Å²) < 4.78 is 15.6. The third kappa shape index (κ3) is 4.00. The first-order valence-corrected chi connectivity index (χ1v) is 8.20. The zero-order chi connectivity index (χ0) is 19.4. The summed E-state index contributed by atoms with van der Waals surface area (Å²) >= 11 is 0. The van der Waals surface area contributed by atoms with Crippen LogP contribution in [0.15, 0.2) is 42.5 Å². The lowest BCUT2D eigenvalue weighted by Crippen LogP contribution is -2.30. The van der Waals surface area contributed by atoms with Crippen molar-refractivity contribution in [3.8, 4) is 11.5 Å². The van der Waals surface area contributed by atoms with Crippen molar-refractivity contribution >= 4 is 28.5 Å². The van der Waals surface area contributed by atoms with Gasteiger partial charge in [-0.05, 0) is 13.0 Å². The molecular formula is C19H19N3O5. The molecule has 1 unspecified atom stereocenters. The van der Waals surface area contributed by atoms with E-state index in [9.17, 15) is 9.59 Å². The number of aromatic nitrogens is 2. The lowest BCUT2D eigenvalue weighted by atomic mass is 10.2. The van der Waals surface area contributed by atoms with Crippen LogP contribution in [0, 0.1) is 0 Å². The van der Waals surface area contributed by atoms with Gasteiger partial charge in [-0.3, -0.25) is 9.89 Å². The fourth-order valence-electron chi connectivity index (χ4n) is 2.51. The summed E-state index contributed by atoms with van der Waals surface area (Å²) in [5, 5.41) is 10.0. The van der Waals surface area contributed by atoms with Crippen LogP contribution >= 0.6 is 0 Å². The van der Waals surface area contributed by atoms with E-state index in [0.29, 0.717) is 28.1 Å². The van der Waals surface area contributed by atoms with Crippen LogP contribution in [0.3, 0.4) is 0 Å². The molecule has 0 saturated heterocycles. The molecule has 1 atom stereocenters. The predicted molar refractivity (Wildman–Crippen MR) is 99.1 cm³/mol. The van der Waals surface area contributed by atoms with E-state index >= 15 is 0 Å². The van der Waals surface area contributed by atoms with E-state index in [1.807, 2.05) is 6.07 Å². The molecule has 0 aliphatic carbocycles. The number of fused-ring (bicyclic) bond motifs is 1. The molecule has 140 valence electrons. The van der Waals surface area contributed by atoms with Crippen molar-refractivity contribution < 1.29 is 23.8 Å². The van der Waals surface area contributed by atoms with Crippen LogP contribution in [0.4, 0.5) is 5.69 Å². The average molecular weight is 369 g/mol. The molecule has 0 saturated carbocycles. The summed E-state index contributed by atoms with van der Waals surface area (Å²) in [6.07, 6.45) is -1.02. The number of hydrogen-bond donors (Lipinski definition) is 2. The lowest BCUT2D eigenvalue weighted by molar-refractivity contribution is -0.123. The molecule has 27 heavy (non-hydrogen) atoms. The second-order valence-electron chi connectivity index (χ2n) is 5.76. The van der Waals surface area contributed by atoms with E-state index in [1.54, 1.807) is 36.4 Å². The number of para-hydroxylation sites is 1. The van der Waals surface area contributed by atoms with Crippen molar-refractivity contribution in [1.29, 1.82) is 0 Å². The summed E-state index contributed by atoms with van der Waals surface area (Å²) in [4.78, 5) is 24.7. The first-order chi connectivity index (χ1) is 13.0. The number of amides is 1. The van der Waals surface area contributed by atoms with Gasteiger partial charge in [-0.15, -0.1) is 0 Å². The maximum absolute atomic E-state index is 12.4. The van der Waals surface area contributed by atoms with E-state index in [1.165, 1.54) is 21.1 Å². The van der Waals surface area contributed by atoms with Crippen LogP contribution in [-0.2, 0) is 9.53 Å². The van der Waals surface area contributed by atoms with Crippen LogP contribution in [0.25, 0.3) is 10.9 Å². The Hall–Kier alpha value is -3.55. The molecule has 3 aromatic rings. The summed E-state index contributed by atoms with van der Waals surface area (Å²) in [6.45, 7) is 1.49. The zero-order valence-corrected chi connectivity index (χ0v) is 15.1. The highest BCUT2D eigenvalue weighted by atomic mass is 16.5. The van der Waals surface area contributed by atoms with Crippen LogP contribution in [0.1, 0.15) is 17.4 Å². The van der Waals surface area contributed by atoms with Crippen molar-refractivity contribution in [2.45, 2.75) is 13.0 Å². The quantitative estimate of drug-likeness (QED) is 0.648. The lowest BCUT2D eigenvalue weighted by Gasteiger charge is -2.14. The molecule has 0 aliphatic rings.